The minimum Gasteiger partial charge on any atom is -0.495 e. The van der Waals surface area contributed by atoms with E-state index in [0.29, 0.717) is 31.1 Å². The first-order valence-electron chi connectivity index (χ1n) is 9.97. The second-order valence-corrected chi connectivity index (χ2v) is 10.2. The Hall–Kier alpha value is -1.31. The van der Waals surface area contributed by atoms with E-state index in [4.69, 9.17) is 16.3 Å². The number of carbonyl (C=O) groups excluding carboxylic acids is 1. The Bertz CT molecular complexity index is 814. The van der Waals surface area contributed by atoms with Gasteiger partial charge < -0.3 is 10.1 Å². The second kappa shape index (κ2) is 9.01. The highest BCUT2D eigenvalue weighted by molar-refractivity contribution is 7.89. The van der Waals surface area contributed by atoms with Gasteiger partial charge in [0.05, 0.1) is 22.9 Å². The molecule has 1 aromatic carbocycles. The molecule has 3 rings (SSSR count). The average molecular weight is 429 g/mol. The molecule has 1 amide bonds. The molecule has 1 aromatic rings. The van der Waals surface area contributed by atoms with Crippen molar-refractivity contribution in [3.63, 3.8) is 0 Å². The fourth-order valence-electron chi connectivity index (χ4n) is 4.16. The highest BCUT2D eigenvalue weighted by atomic mass is 35.5. The maximum Gasteiger partial charge on any atom is 0.243 e. The summed E-state index contributed by atoms with van der Waals surface area (Å²) in [4.78, 5) is 12.9. The third-order valence-corrected chi connectivity index (χ3v) is 8.11. The fourth-order valence-corrected chi connectivity index (χ4v) is 6.04. The maximum absolute atomic E-state index is 13.0. The van der Waals surface area contributed by atoms with Crippen LogP contribution in [0, 0.1) is 11.8 Å². The van der Waals surface area contributed by atoms with Crippen molar-refractivity contribution in [2.45, 2.75) is 56.4 Å². The van der Waals surface area contributed by atoms with Crippen LogP contribution in [0.15, 0.2) is 23.1 Å². The molecule has 8 heteroatoms. The number of ether oxygens (including phenoxy) is 1. The number of hydrogen-bond donors (Lipinski definition) is 1. The van der Waals surface area contributed by atoms with Crippen LogP contribution < -0.4 is 10.1 Å². The smallest absolute Gasteiger partial charge is 0.243 e. The van der Waals surface area contributed by atoms with Gasteiger partial charge in [0.2, 0.25) is 15.9 Å². The predicted octanol–water partition coefficient (Wildman–Crippen LogP) is 3.44. The minimum absolute atomic E-state index is 0.0218. The number of methoxy groups -OCH3 is 1. The summed E-state index contributed by atoms with van der Waals surface area (Å²) in [5, 5.41) is 3.43. The van der Waals surface area contributed by atoms with Crippen LogP contribution in [0.1, 0.15) is 45.4 Å². The van der Waals surface area contributed by atoms with Gasteiger partial charge in [0.1, 0.15) is 5.75 Å². The zero-order valence-electron chi connectivity index (χ0n) is 16.5. The van der Waals surface area contributed by atoms with Crippen molar-refractivity contribution in [3.8, 4) is 5.75 Å². The van der Waals surface area contributed by atoms with E-state index < -0.39 is 10.0 Å². The monoisotopic (exact) mass is 428 g/mol. The topological polar surface area (TPSA) is 75.7 Å². The van der Waals surface area contributed by atoms with Crippen LogP contribution in [-0.4, -0.2) is 44.9 Å². The molecule has 0 aromatic heterocycles. The lowest BCUT2D eigenvalue weighted by Gasteiger charge is -2.34. The van der Waals surface area contributed by atoms with E-state index in [1.807, 2.05) is 0 Å². The van der Waals surface area contributed by atoms with Crippen molar-refractivity contribution in [1.82, 2.24) is 9.62 Å². The number of nitrogens with zero attached hydrogens (tertiary/aromatic N) is 1. The third-order valence-electron chi connectivity index (χ3n) is 5.96. The SMILES string of the molecule is COc1ccc(S(=O)(=O)N2CCC[C@H](C(=O)N[C@H]3CCCC[C@@H]3C)C2)cc1Cl. The molecule has 0 unspecified atom stereocenters. The molecule has 1 saturated carbocycles. The molecule has 3 atom stereocenters. The molecule has 0 spiro atoms. The molecule has 28 heavy (non-hydrogen) atoms. The number of hydrogen-bond acceptors (Lipinski definition) is 4. The quantitative estimate of drug-likeness (QED) is 0.779. The Kier molecular flexibility index (Phi) is 6.89. The molecule has 6 nitrogen and oxygen atoms in total. The molecule has 1 aliphatic carbocycles. The van der Waals surface area contributed by atoms with Gasteiger partial charge in [-0.15, -0.1) is 0 Å². The van der Waals surface area contributed by atoms with Crippen LogP contribution in [0.5, 0.6) is 5.75 Å². The number of nitrogens with one attached hydrogen (secondary N) is 1. The van der Waals surface area contributed by atoms with Gasteiger partial charge in [0.25, 0.3) is 0 Å². The largest absolute Gasteiger partial charge is 0.495 e. The summed E-state index contributed by atoms with van der Waals surface area (Å²) in [6.45, 7) is 2.80. The number of amides is 1. The van der Waals surface area contributed by atoms with Crippen LogP contribution in [0.4, 0.5) is 0 Å². The molecule has 1 N–H and O–H groups in total. The maximum atomic E-state index is 13.0. The van der Waals surface area contributed by atoms with Crippen molar-refractivity contribution in [1.29, 1.82) is 0 Å². The molecular formula is C20H29ClN2O4S. The highest BCUT2D eigenvalue weighted by Gasteiger charge is 2.35. The molecule has 1 heterocycles. The number of carbonyl (C=O) groups is 1. The lowest BCUT2D eigenvalue weighted by molar-refractivity contribution is -0.127. The van der Waals surface area contributed by atoms with E-state index in [2.05, 4.69) is 12.2 Å². The Balaban J connectivity index is 1.69. The summed E-state index contributed by atoms with van der Waals surface area (Å²) < 4.78 is 32.6. The molecule has 156 valence electrons. The van der Waals surface area contributed by atoms with Crippen LogP contribution in [0.25, 0.3) is 0 Å². The van der Waals surface area contributed by atoms with E-state index >= 15 is 0 Å². The van der Waals surface area contributed by atoms with Crippen molar-refractivity contribution in [2.24, 2.45) is 11.8 Å². The predicted molar refractivity (Wildman–Crippen MR) is 109 cm³/mol. The fraction of sp³-hybridized carbons (Fsp3) is 0.650. The first kappa shape index (κ1) is 21.4. The van der Waals surface area contributed by atoms with Gasteiger partial charge in [-0.2, -0.15) is 4.31 Å². The van der Waals surface area contributed by atoms with E-state index in [1.165, 1.54) is 30.0 Å². The van der Waals surface area contributed by atoms with Crippen molar-refractivity contribution >= 4 is 27.5 Å². The van der Waals surface area contributed by atoms with Crippen LogP contribution in [0.2, 0.25) is 5.02 Å². The number of piperidine rings is 1. The summed E-state index contributed by atoms with van der Waals surface area (Å²) >= 11 is 6.10. The van der Waals surface area contributed by atoms with Crippen LogP contribution in [-0.2, 0) is 14.8 Å². The zero-order chi connectivity index (χ0) is 20.3. The van der Waals surface area contributed by atoms with Crippen LogP contribution in [0.3, 0.4) is 0 Å². The first-order valence-corrected chi connectivity index (χ1v) is 11.8. The average Bonchev–Trinajstić information content (AvgIpc) is 2.69. The van der Waals surface area contributed by atoms with Crippen molar-refractivity contribution < 1.29 is 17.9 Å². The Labute approximate surface area is 172 Å². The molecule has 2 aliphatic rings. The van der Waals surface area contributed by atoms with Gasteiger partial charge >= 0.3 is 0 Å². The van der Waals surface area contributed by atoms with Gasteiger partial charge in [-0.3, -0.25) is 4.79 Å². The molecule has 1 saturated heterocycles. The number of benzene rings is 1. The van der Waals surface area contributed by atoms with Gasteiger partial charge in [-0.25, -0.2) is 8.42 Å². The first-order chi connectivity index (χ1) is 13.3. The van der Waals surface area contributed by atoms with Crippen molar-refractivity contribution in [2.75, 3.05) is 20.2 Å². The van der Waals surface area contributed by atoms with Gasteiger partial charge in [-0.05, 0) is 49.8 Å². The zero-order valence-corrected chi connectivity index (χ0v) is 18.1. The third kappa shape index (κ3) is 4.63. The standard InChI is InChI=1S/C20H29ClN2O4S/c1-14-6-3-4-8-18(14)22-20(24)15-7-5-11-23(13-15)28(25,26)16-9-10-19(27-2)17(21)12-16/h9-10,12,14-15,18H,3-8,11,13H2,1-2H3,(H,22,24)/t14-,15-,18-/m0/s1. The Morgan fingerprint density at radius 3 is 2.64 bits per heavy atom. The molecule has 0 bridgehead atoms. The van der Waals surface area contributed by atoms with E-state index in [-0.39, 0.29) is 34.3 Å². The van der Waals surface area contributed by atoms with Crippen LogP contribution >= 0.6 is 11.6 Å². The van der Waals surface area contributed by atoms with Gasteiger partial charge in [0.15, 0.2) is 0 Å². The lowest BCUT2D eigenvalue weighted by atomic mass is 9.85. The number of rotatable bonds is 5. The molecule has 1 aliphatic heterocycles. The van der Waals surface area contributed by atoms with E-state index in [1.54, 1.807) is 6.07 Å². The van der Waals surface area contributed by atoms with Crippen molar-refractivity contribution in [3.05, 3.63) is 23.2 Å². The lowest BCUT2D eigenvalue weighted by Crippen LogP contribution is -2.49. The summed E-state index contributed by atoms with van der Waals surface area (Å²) in [6.07, 6.45) is 5.87. The molecular weight excluding hydrogens is 400 g/mol. The number of halogens is 1. The van der Waals surface area contributed by atoms with Gasteiger partial charge in [-0.1, -0.05) is 31.4 Å². The van der Waals surface area contributed by atoms with Gasteiger partial charge in [0, 0.05) is 19.1 Å². The summed E-state index contributed by atoms with van der Waals surface area (Å²) in [6, 6.07) is 4.65. The molecule has 2 fully saturated rings. The summed E-state index contributed by atoms with van der Waals surface area (Å²) in [7, 11) is -2.22. The van der Waals surface area contributed by atoms with E-state index in [0.717, 1.165) is 19.3 Å². The number of sulfonamides is 1. The normalized spacial score (nSPS) is 26.6. The Morgan fingerprint density at radius 1 is 1.21 bits per heavy atom. The molecule has 0 radical (unpaired) electrons. The Morgan fingerprint density at radius 2 is 1.96 bits per heavy atom. The second-order valence-electron chi connectivity index (χ2n) is 7.88. The van der Waals surface area contributed by atoms with E-state index in [9.17, 15) is 13.2 Å². The minimum atomic E-state index is -3.71. The summed E-state index contributed by atoms with van der Waals surface area (Å²) in [5.74, 6) is 0.568. The summed E-state index contributed by atoms with van der Waals surface area (Å²) in [5.41, 5.74) is 0. The highest BCUT2D eigenvalue weighted by Crippen LogP contribution is 2.30.